The van der Waals surface area contributed by atoms with Gasteiger partial charge in [0.1, 0.15) is 5.82 Å². The van der Waals surface area contributed by atoms with E-state index in [2.05, 4.69) is 15.2 Å². The molecule has 32 heavy (non-hydrogen) atoms. The lowest BCUT2D eigenvalue weighted by Crippen LogP contribution is -2.14. The summed E-state index contributed by atoms with van der Waals surface area (Å²) in [6.45, 7) is 0. The highest BCUT2D eigenvalue weighted by Gasteiger charge is 2.32. The number of nitrogens with two attached hydrogens (primary N) is 1. The maximum absolute atomic E-state index is 13.3. The van der Waals surface area contributed by atoms with E-state index in [1.54, 1.807) is 38.4 Å². The highest BCUT2D eigenvalue weighted by molar-refractivity contribution is 8.13. The summed E-state index contributed by atoms with van der Waals surface area (Å²) < 4.78 is 39.8. The molecule has 0 spiro atoms. The second-order valence-electron chi connectivity index (χ2n) is 7.07. The molecule has 0 amide bonds. The normalized spacial score (nSPS) is 12.3. The van der Waals surface area contributed by atoms with Crippen LogP contribution in [0.2, 0.25) is 0 Å². The molecule has 0 saturated carbocycles. The number of hydrogen-bond donors (Lipinski definition) is 1. The number of thioether (sulfide) groups is 1. The minimum absolute atomic E-state index is 0.235. The molecule has 1 aromatic heterocycles. The van der Waals surface area contributed by atoms with Gasteiger partial charge in [-0.3, -0.25) is 0 Å². The van der Waals surface area contributed by atoms with Gasteiger partial charge in [-0.05, 0) is 23.3 Å². The van der Waals surface area contributed by atoms with Crippen LogP contribution in [0.1, 0.15) is 16.7 Å². The third-order valence-electron chi connectivity index (χ3n) is 4.40. The van der Waals surface area contributed by atoms with Crippen LogP contribution >= 0.6 is 11.8 Å². The Hall–Kier alpha value is -3.33. The molecule has 1 heterocycles. The fourth-order valence-electron chi connectivity index (χ4n) is 2.71. The van der Waals surface area contributed by atoms with Gasteiger partial charge in [0.05, 0.1) is 17.5 Å². The predicted octanol–water partition coefficient (Wildman–Crippen LogP) is 5.42. The summed E-state index contributed by atoms with van der Waals surface area (Å²) in [6.07, 6.45) is -2.92. The minimum atomic E-state index is -4.45. The fourth-order valence-corrected chi connectivity index (χ4v) is 3.32. The van der Waals surface area contributed by atoms with Gasteiger partial charge in [0.25, 0.3) is 0 Å². The molecule has 0 aliphatic heterocycles. The molecule has 5 nitrogen and oxygen atoms in total. The van der Waals surface area contributed by atoms with E-state index in [1.165, 1.54) is 22.9 Å². The number of alkyl halides is 3. The predicted molar refractivity (Wildman–Crippen MR) is 126 cm³/mol. The van der Waals surface area contributed by atoms with Gasteiger partial charge in [-0.1, -0.05) is 66.4 Å². The monoisotopic (exact) mass is 457 g/mol. The third-order valence-corrected chi connectivity index (χ3v) is 5.25. The SMILES string of the molecule is CN(C)c1cc(C(F)(F)F)cc(-c2ccc(C=NN=C(N)SCc3ccccc3)cc2)n1. The second kappa shape index (κ2) is 10.3. The number of anilines is 1. The van der Waals surface area contributed by atoms with Gasteiger partial charge in [0.15, 0.2) is 5.17 Å². The van der Waals surface area contributed by atoms with Crippen LogP contribution in [0.5, 0.6) is 0 Å². The number of aromatic nitrogens is 1. The molecule has 0 saturated heterocycles. The summed E-state index contributed by atoms with van der Waals surface area (Å²) in [5.41, 5.74) is 7.81. The summed E-state index contributed by atoms with van der Waals surface area (Å²) in [5, 5.41) is 8.29. The molecule has 0 aliphatic rings. The molecule has 3 rings (SSSR count). The van der Waals surface area contributed by atoms with Crippen LogP contribution in [0.15, 0.2) is 76.9 Å². The molecule has 0 unspecified atom stereocenters. The van der Waals surface area contributed by atoms with Gasteiger partial charge in [-0.2, -0.15) is 18.3 Å². The largest absolute Gasteiger partial charge is 0.416 e. The van der Waals surface area contributed by atoms with Crippen LogP contribution in [-0.4, -0.2) is 30.5 Å². The van der Waals surface area contributed by atoms with Crippen molar-refractivity contribution in [1.29, 1.82) is 0 Å². The molecule has 0 bridgehead atoms. The van der Waals surface area contributed by atoms with E-state index in [0.717, 1.165) is 23.3 Å². The number of benzene rings is 2. The van der Waals surface area contributed by atoms with Crippen LogP contribution < -0.4 is 10.6 Å². The van der Waals surface area contributed by atoms with Crippen LogP contribution in [0.3, 0.4) is 0 Å². The lowest BCUT2D eigenvalue weighted by Gasteiger charge is -2.16. The summed E-state index contributed by atoms with van der Waals surface area (Å²) in [5.74, 6) is 0.928. The third kappa shape index (κ3) is 6.58. The van der Waals surface area contributed by atoms with E-state index in [-0.39, 0.29) is 11.5 Å². The van der Waals surface area contributed by atoms with Gasteiger partial charge in [-0.15, -0.1) is 5.10 Å². The van der Waals surface area contributed by atoms with E-state index < -0.39 is 11.7 Å². The molecule has 2 N–H and O–H groups in total. The first-order valence-electron chi connectivity index (χ1n) is 9.62. The van der Waals surface area contributed by atoms with E-state index >= 15 is 0 Å². The smallest absolute Gasteiger partial charge is 0.377 e. The molecule has 0 atom stereocenters. The molecule has 0 aliphatic carbocycles. The minimum Gasteiger partial charge on any atom is -0.377 e. The highest BCUT2D eigenvalue weighted by Crippen LogP contribution is 2.33. The van der Waals surface area contributed by atoms with Gasteiger partial charge >= 0.3 is 6.18 Å². The lowest BCUT2D eigenvalue weighted by atomic mass is 10.1. The summed E-state index contributed by atoms with van der Waals surface area (Å²) >= 11 is 1.38. The van der Waals surface area contributed by atoms with Crippen molar-refractivity contribution in [3.05, 3.63) is 83.4 Å². The first-order chi connectivity index (χ1) is 15.2. The summed E-state index contributed by atoms with van der Waals surface area (Å²) in [4.78, 5) is 5.87. The van der Waals surface area contributed by atoms with Crippen molar-refractivity contribution in [2.75, 3.05) is 19.0 Å². The standard InChI is InChI=1S/C23H22F3N5S/c1-31(2)21-13-19(23(24,25)26)12-20(29-21)18-10-8-16(9-11-18)14-28-30-22(27)32-15-17-6-4-3-5-7-17/h3-14H,15H2,1-2H3,(H2,27,30). The first-order valence-corrected chi connectivity index (χ1v) is 10.6. The first kappa shape index (κ1) is 23.3. The topological polar surface area (TPSA) is 66.9 Å². The molecule has 9 heteroatoms. The van der Waals surface area contributed by atoms with E-state index in [1.807, 2.05) is 30.3 Å². The zero-order valence-electron chi connectivity index (χ0n) is 17.5. The number of hydrogen-bond acceptors (Lipinski definition) is 5. The molecular formula is C23H22F3N5S. The Kier molecular flexibility index (Phi) is 7.53. The quantitative estimate of drug-likeness (QED) is 0.305. The molecule has 3 aromatic rings. The van der Waals surface area contributed by atoms with E-state index in [4.69, 9.17) is 5.73 Å². The van der Waals surface area contributed by atoms with Crippen molar-refractivity contribution in [1.82, 2.24) is 4.98 Å². The Morgan fingerprint density at radius 3 is 2.38 bits per heavy atom. The Bertz CT molecular complexity index is 1090. The Morgan fingerprint density at radius 2 is 1.75 bits per heavy atom. The van der Waals surface area contributed by atoms with Crippen molar-refractivity contribution >= 4 is 29.0 Å². The highest BCUT2D eigenvalue weighted by atomic mass is 32.2. The zero-order chi connectivity index (χ0) is 23.1. The van der Waals surface area contributed by atoms with Crippen molar-refractivity contribution in [2.24, 2.45) is 15.9 Å². The average Bonchev–Trinajstić information content (AvgIpc) is 2.78. The number of halogens is 3. The van der Waals surface area contributed by atoms with Gasteiger partial charge in [0, 0.05) is 25.4 Å². The number of nitrogens with zero attached hydrogens (tertiary/aromatic N) is 4. The maximum Gasteiger partial charge on any atom is 0.416 e. The number of rotatable bonds is 6. The van der Waals surface area contributed by atoms with Crippen molar-refractivity contribution in [3.8, 4) is 11.3 Å². The van der Waals surface area contributed by atoms with E-state index in [9.17, 15) is 13.2 Å². The van der Waals surface area contributed by atoms with Gasteiger partial charge in [0.2, 0.25) is 0 Å². The van der Waals surface area contributed by atoms with Gasteiger partial charge in [-0.25, -0.2) is 4.98 Å². The fraction of sp³-hybridized carbons (Fsp3) is 0.174. The molecule has 0 radical (unpaired) electrons. The Labute approximate surface area is 188 Å². The van der Waals surface area contributed by atoms with E-state index in [0.29, 0.717) is 16.5 Å². The van der Waals surface area contributed by atoms with Crippen LogP contribution in [0.25, 0.3) is 11.3 Å². The van der Waals surface area contributed by atoms with Crippen molar-refractivity contribution < 1.29 is 13.2 Å². The lowest BCUT2D eigenvalue weighted by molar-refractivity contribution is -0.137. The number of amidine groups is 1. The summed E-state index contributed by atoms with van der Waals surface area (Å²) in [7, 11) is 3.30. The van der Waals surface area contributed by atoms with Crippen molar-refractivity contribution in [3.63, 3.8) is 0 Å². The van der Waals surface area contributed by atoms with Crippen LogP contribution in [0.4, 0.5) is 19.0 Å². The Morgan fingerprint density at radius 1 is 1.06 bits per heavy atom. The van der Waals surface area contributed by atoms with Crippen LogP contribution in [0, 0.1) is 0 Å². The molecule has 166 valence electrons. The van der Waals surface area contributed by atoms with Crippen molar-refractivity contribution in [2.45, 2.75) is 11.9 Å². The second-order valence-corrected chi connectivity index (χ2v) is 8.07. The Balaban J connectivity index is 1.70. The molecular weight excluding hydrogens is 435 g/mol. The summed E-state index contributed by atoms with van der Waals surface area (Å²) in [6, 6.07) is 18.8. The van der Waals surface area contributed by atoms with Crippen LogP contribution in [-0.2, 0) is 11.9 Å². The molecule has 2 aromatic carbocycles. The zero-order valence-corrected chi connectivity index (χ0v) is 18.4. The average molecular weight is 458 g/mol. The number of pyridine rings is 1. The molecule has 0 fully saturated rings. The van der Waals surface area contributed by atoms with Gasteiger partial charge < -0.3 is 10.6 Å². The maximum atomic E-state index is 13.3.